The molecule has 0 amide bonds. The van der Waals surface area contributed by atoms with Crippen molar-refractivity contribution in [3.05, 3.63) is 0 Å². The molecule has 0 unspecified atom stereocenters. The first-order valence-electron chi connectivity index (χ1n) is 5.02. The Bertz CT molecular complexity index is 419. The Labute approximate surface area is 97.1 Å². The van der Waals surface area contributed by atoms with Gasteiger partial charge in [0.15, 0.2) is 11.6 Å². The number of hydrogen-bond donors (Lipinski definition) is 0. The van der Waals surface area contributed by atoms with E-state index in [2.05, 4.69) is 31.9 Å². The molecule has 6 saturated carbocycles. The highest BCUT2D eigenvalue weighted by molar-refractivity contribution is 9.10. The van der Waals surface area contributed by atoms with Gasteiger partial charge in [-0.15, -0.1) is 0 Å². The standard InChI is InChI=1S/C10H6Br2O2/c11-9-3-1-2(8(9)14)4-6(9)5(3)10(4,12)7(1)13/h1-6H/t1-,2+,3-,4-,5-,6-,9+,10-/m1/s1. The Kier molecular flexibility index (Phi) is 0.824. The van der Waals surface area contributed by atoms with E-state index in [0.717, 1.165) is 0 Å². The summed E-state index contributed by atoms with van der Waals surface area (Å²) in [5.74, 6) is 2.45. The van der Waals surface area contributed by atoms with Crippen molar-refractivity contribution < 1.29 is 9.59 Å². The number of ketones is 2. The van der Waals surface area contributed by atoms with Crippen molar-refractivity contribution in [2.24, 2.45) is 35.5 Å². The van der Waals surface area contributed by atoms with Crippen LogP contribution in [0.3, 0.4) is 0 Å². The van der Waals surface area contributed by atoms with Crippen molar-refractivity contribution >= 4 is 43.4 Å². The SMILES string of the molecule is O=C1[C@H]2[C@H]3C(=O)[C@]4(Br)[C@H]5[C@@H]([C@@H]24)[C@@]1(Br)[C@H]35. The van der Waals surface area contributed by atoms with Crippen LogP contribution in [0.2, 0.25) is 0 Å². The highest BCUT2D eigenvalue weighted by atomic mass is 79.9. The van der Waals surface area contributed by atoms with Crippen LogP contribution in [-0.2, 0) is 9.59 Å². The first-order chi connectivity index (χ1) is 6.55. The van der Waals surface area contributed by atoms with Gasteiger partial charge in [-0.25, -0.2) is 0 Å². The molecule has 72 valence electrons. The molecule has 0 saturated heterocycles. The molecular formula is C10H6Br2O2. The average molecular weight is 318 g/mol. The summed E-state index contributed by atoms with van der Waals surface area (Å²) in [5, 5.41) is 0. The zero-order valence-electron chi connectivity index (χ0n) is 7.04. The van der Waals surface area contributed by atoms with E-state index in [9.17, 15) is 9.59 Å². The quantitative estimate of drug-likeness (QED) is 0.628. The molecule has 4 bridgehead atoms. The Morgan fingerprint density at radius 1 is 0.786 bits per heavy atom. The van der Waals surface area contributed by atoms with Crippen molar-refractivity contribution in [3.63, 3.8) is 0 Å². The Hall–Kier alpha value is 0.300. The van der Waals surface area contributed by atoms with Crippen molar-refractivity contribution in [1.29, 1.82) is 0 Å². The fraction of sp³-hybridized carbons (Fsp3) is 0.800. The molecule has 0 spiro atoms. The first-order valence-corrected chi connectivity index (χ1v) is 6.60. The van der Waals surface area contributed by atoms with Gasteiger partial charge >= 0.3 is 0 Å². The summed E-state index contributed by atoms with van der Waals surface area (Å²) in [6, 6.07) is 0. The van der Waals surface area contributed by atoms with Gasteiger partial charge in [0.05, 0.1) is 8.65 Å². The van der Waals surface area contributed by atoms with E-state index < -0.39 is 0 Å². The van der Waals surface area contributed by atoms with Crippen molar-refractivity contribution in [2.75, 3.05) is 0 Å². The van der Waals surface area contributed by atoms with Crippen LogP contribution in [0.1, 0.15) is 0 Å². The third kappa shape index (κ3) is 0.337. The molecular weight excluding hydrogens is 312 g/mol. The molecule has 0 aliphatic heterocycles. The summed E-state index contributed by atoms with van der Waals surface area (Å²) in [6.45, 7) is 0. The van der Waals surface area contributed by atoms with Crippen LogP contribution in [0.5, 0.6) is 0 Å². The van der Waals surface area contributed by atoms with E-state index in [1.54, 1.807) is 0 Å². The summed E-state index contributed by atoms with van der Waals surface area (Å²) in [7, 11) is 0. The van der Waals surface area contributed by atoms with E-state index in [-0.39, 0.29) is 20.5 Å². The van der Waals surface area contributed by atoms with Crippen LogP contribution in [0.4, 0.5) is 0 Å². The van der Waals surface area contributed by atoms with Crippen LogP contribution >= 0.6 is 31.9 Å². The molecule has 0 N–H and O–H groups in total. The molecule has 0 heterocycles. The van der Waals surface area contributed by atoms with E-state index in [4.69, 9.17) is 0 Å². The van der Waals surface area contributed by atoms with Crippen LogP contribution < -0.4 is 0 Å². The predicted molar refractivity (Wildman–Crippen MR) is 54.3 cm³/mol. The van der Waals surface area contributed by atoms with Crippen molar-refractivity contribution in [2.45, 2.75) is 8.65 Å². The lowest BCUT2D eigenvalue weighted by Gasteiger charge is -2.68. The number of carbonyl (C=O) groups is 2. The van der Waals surface area contributed by atoms with Crippen LogP contribution in [0.25, 0.3) is 0 Å². The Morgan fingerprint density at radius 3 is 1.43 bits per heavy atom. The molecule has 0 aromatic heterocycles. The summed E-state index contributed by atoms with van der Waals surface area (Å²) < 4.78 is -0.526. The van der Waals surface area contributed by atoms with Crippen LogP contribution in [0.15, 0.2) is 0 Å². The number of Topliss-reactive ketones (excluding diaryl/α,β-unsaturated/α-hetero) is 2. The zero-order chi connectivity index (χ0) is 9.62. The minimum atomic E-state index is -0.263. The topological polar surface area (TPSA) is 34.1 Å². The van der Waals surface area contributed by atoms with Crippen LogP contribution in [0, 0.1) is 35.5 Å². The lowest BCUT2D eigenvalue weighted by Crippen LogP contribution is -2.74. The second-order valence-corrected chi connectivity index (χ2v) is 8.04. The number of halogens is 2. The molecule has 6 fully saturated rings. The van der Waals surface area contributed by atoms with Gasteiger partial charge in [0.25, 0.3) is 0 Å². The van der Waals surface area contributed by atoms with E-state index >= 15 is 0 Å². The van der Waals surface area contributed by atoms with Gasteiger partial charge in [0.2, 0.25) is 0 Å². The number of alkyl halides is 2. The molecule has 6 aliphatic carbocycles. The zero-order valence-corrected chi connectivity index (χ0v) is 10.2. The van der Waals surface area contributed by atoms with Gasteiger partial charge in [-0.2, -0.15) is 0 Å². The first kappa shape index (κ1) is 7.55. The second kappa shape index (κ2) is 1.53. The molecule has 8 atom stereocenters. The average Bonchev–Trinajstić information content (AvgIpc) is 2.54. The molecule has 4 heteroatoms. The van der Waals surface area contributed by atoms with Gasteiger partial charge in [0, 0.05) is 11.8 Å². The number of hydrogen-bond acceptors (Lipinski definition) is 2. The summed E-state index contributed by atoms with van der Waals surface area (Å²) in [5.41, 5.74) is 0. The molecule has 2 nitrogen and oxygen atoms in total. The molecule has 0 aromatic rings. The predicted octanol–water partition coefficient (Wildman–Crippen LogP) is 1.16. The van der Waals surface area contributed by atoms with Crippen molar-refractivity contribution in [1.82, 2.24) is 0 Å². The highest BCUT2D eigenvalue weighted by Gasteiger charge is 3.00. The third-order valence-corrected chi connectivity index (χ3v) is 8.52. The van der Waals surface area contributed by atoms with Gasteiger partial charge in [-0.3, -0.25) is 9.59 Å². The van der Waals surface area contributed by atoms with Gasteiger partial charge in [0.1, 0.15) is 0 Å². The maximum atomic E-state index is 12.1. The van der Waals surface area contributed by atoms with Crippen molar-refractivity contribution in [3.8, 4) is 0 Å². The second-order valence-electron chi connectivity index (χ2n) is 5.42. The number of rotatable bonds is 0. The lowest BCUT2D eigenvalue weighted by atomic mass is 9.41. The van der Waals surface area contributed by atoms with Gasteiger partial charge < -0.3 is 0 Å². The molecule has 14 heavy (non-hydrogen) atoms. The van der Waals surface area contributed by atoms with Gasteiger partial charge in [-0.1, -0.05) is 31.9 Å². The largest absolute Gasteiger partial charge is 0.298 e. The normalized spacial score (nSPS) is 79.6. The third-order valence-electron chi connectivity index (χ3n) is 5.62. The highest BCUT2D eigenvalue weighted by Crippen LogP contribution is 2.92. The minimum Gasteiger partial charge on any atom is -0.298 e. The van der Waals surface area contributed by atoms with Crippen LogP contribution in [-0.4, -0.2) is 20.2 Å². The molecule has 0 radical (unpaired) electrons. The van der Waals surface area contributed by atoms with E-state index in [1.165, 1.54) is 0 Å². The monoisotopic (exact) mass is 316 g/mol. The summed E-state index contributed by atoms with van der Waals surface area (Å²) in [6.07, 6.45) is 0. The minimum absolute atomic E-state index is 0.0706. The smallest absolute Gasteiger partial charge is 0.154 e. The van der Waals surface area contributed by atoms with E-state index in [0.29, 0.717) is 35.2 Å². The Morgan fingerprint density at radius 2 is 1.14 bits per heavy atom. The fourth-order valence-corrected chi connectivity index (χ4v) is 8.27. The maximum Gasteiger partial charge on any atom is 0.154 e. The molecule has 6 aliphatic rings. The molecule has 6 rings (SSSR count). The summed E-state index contributed by atoms with van der Waals surface area (Å²) >= 11 is 7.27. The number of carbonyl (C=O) groups excluding carboxylic acids is 2. The molecule has 0 aromatic carbocycles. The summed E-state index contributed by atoms with van der Waals surface area (Å²) in [4.78, 5) is 24.1. The fourth-order valence-electron chi connectivity index (χ4n) is 5.46. The van der Waals surface area contributed by atoms with Gasteiger partial charge in [-0.05, 0) is 23.7 Å². The lowest BCUT2D eigenvalue weighted by molar-refractivity contribution is -0.139. The van der Waals surface area contributed by atoms with E-state index in [1.807, 2.05) is 0 Å². The maximum absolute atomic E-state index is 12.1. The Balaban J connectivity index is 1.93.